The quantitative estimate of drug-likeness (QED) is 0.157. The second kappa shape index (κ2) is 10.3. The van der Waals surface area contributed by atoms with Crippen molar-refractivity contribution in [3.8, 4) is 0 Å². The lowest BCUT2D eigenvalue weighted by molar-refractivity contribution is -0.149. The zero-order valence-corrected chi connectivity index (χ0v) is 19.7. The smallest absolute Gasteiger partial charge is 0.478 e. The van der Waals surface area contributed by atoms with Crippen LogP contribution in [0.25, 0.3) is 0 Å². The number of thiazole rings is 1. The summed E-state index contributed by atoms with van der Waals surface area (Å²) in [4.78, 5) is 58.4. The molecular weight excluding hydrogens is 498 g/mol. The Labute approximate surface area is 199 Å². The number of anilines is 1. The van der Waals surface area contributed by atoms with Crippen LogP contribution >= 0.6 is 34.9 Å². The van der Waals surface area contributed by atoms with Crippen LogP contribution in [-0.4, -0.2) is 78.8 Å². The Morgan fingerprint density at radius 1 is 1.45 bits per heavy atom. The van der Waals surface area contributed by atoms with E-state index in [0.29, 0.717) is 16.4 Å². The van der Waals surface area contributed by atoms with Gasteiger partial charge in [-0.2, -0.15) is 0 Å². The van der Waals surface area contributed by atoms with E-state index in [9.17, 15) is 19.2 Å². The van der Waals surface area contributed by atoms with E-state index in [2.05, 4.69) is 15.5 Å². The van der Waals surface area contributed by atoms with Crippen molar-refractivity contribution in [2.24, 2.45) is 5.16 Å². The molecule has 178 valence electrons. The van der Waals surface area contributed by atoms with Crippen molar-refractivity contribution >= 4 is 69.6 Å². The Balaban J connectivity index is 1.80. The third kappa shape index (κ3) is 5.33. The van der Waals surface area contributed by atoms with Gasteiger partial charge in [0, 0.05) is 11.1 Å². The van der Waals surface area contributed by atoms with E-state index in [0.717, 1.165) is 11.3 Å². The molecule has 1 aromatic rings. The molecule has 3 heterocycles. The van der Waals surface area contributed by atoms with E-state index in [1.54, 1.807) is 0 Å². The summed E-state index contributed by atoms with van der Waals surface area (Å²) in [7, 11) is 0. The second-order valence-corrected chi connectivity index (χ2v) is 9.84. The number of aliphatic carboxylic acids is 1. The summed E-state index contributed by atoms with van der Waals surface area (Å²) in [5, 5.41) is 25.2. The molecule has 1 aromatic heterocycles. The molecule has 0 bridgehead atoms. The lowest BCUT2D eigenvalue weighted by Crippen LogP contribution is -2.70. The number of β-lactam (4-membered cyclic amide) rings is 1. The molecule has 13 nitrogen and oxygen atoms in total. The topological polar surface area (TPSA) is 194 Å². The van der Waals surface area contributed by atoms with Gasteiger partial charge in [-0.15, -0.1) is 34.9 Å². The molecule has 0 spiro atoms. The first-order chi connectivity index (χ1) is 15.6. The lowest BCUT2D eigenvalue weighted by Gasteiger charge is -2.48. The Morgan fingerprint density at radius 3 is 2.76 bits per heavy atom. The number of carbonyl (C=O) groups is 4. The van der Waals surface area contributed by atoms with Crippen LogP contribution in [0.1, 0.15) is 19.5 Å². The van der Waals surface area contributed by atoms with Gasteiger partial charge in [0.15, 0.2) is 10.8 Å². The number of carboxylic acids is 1. The molecule has 1 fully saturated rings. The molecular formula is C17H19N5O8S3. The highest BCUT2D eigenvalue weighted by atomic mass is 32.2. The van der Waals surface area contributed by atoms with E-state index >= 15 is 0 Å². The van der Waals surface area contributed by atoms with Gasteiger partial charge in [0.25, 0.3) is 11.8 Å². The van der Waals surface area contributed by atoms with Crippen molar-refractivity contribution in [3.05, 3.63) is 21.9 Å². The molecule has 3 rings (SSSR count). The fraction of sp³-hybridized carbons (Fsp3) is 0.412. The molecule has 0 radical (unpaired) electrons. The maximum absolute atomic E-state index is 12.9. The van der Waals surface area contributed by atoms with Gasteiger partial charge in [-0.25, -0.2) is 14.6 Å². The average molecular weight is 518 g/mol. The first-order valence-electron chi connectivity index (χ1n) is 9.34. The minimum Gasteiger partial charge on any atom is -0.478 e. The Hall–Kier alpha value is -2.98. The van der Waals surface area contributed by atoms with E-state index < -0.39 is 41.5 Å². The highest BCUT2D eigenvalue weighted by molar-refractivity contribution is 8.06. The number of nitrogens with zero attached hydrogens (tertiary/aromatic N) is 3. The second-order valence-electron chi connectivity index (χ2n) is 6.49. The van der Waals surface area contributed by atoms with E-state index in [-0.39, 0.29) is 22.4 Å². The predicted molar refractivity (Wildman–Crippen MR) is 121 cm³/mol. The number of oxime groups is 1. The summed E-state index contributed by atoms with van der Waals surface area (Å²) in [6.45, 7) is 3.11. The van der Waals surface area contributed by atoms with Crippen LogP contribution in [0.2, 0.25) is 0 Å². The number of nitrogens with two attached hydrogens (primary N) is 1. The zero-order chi connectivity index (χ0) is 24.3. The van der Waals surface area contributed by atoms with Gasteiger partial charge in [-0.1, -0.05) is 12.1 Å². The number of nitrogen functional groups attached to an aromatic ring is 1. The molecule has 0 aliphatic carbocycles. The monoisotopic (exact) mass is 517 g/mol. The molecule has 33 heavy (non-hydrogen) atoms. The number of amides is 2. The molecule has 0 saturated carbocycles. The maximum atomic E-state index is 12.9. The number of hydrogen-bond acceptors (Lipinski definition) is 12. The molecule has 2 aliphatic heterocycles. The number of aromatic nitrogens is 1. The van der Waals surface area contributed by atoms with E-state index in [4.69, 9.17) is 25.5 Å². The largest absolute Gasteiger partial charge is 0.512 e. The van der Waals surface area contributed by atoms with Crippen molar-refractivity contribution < 1.29 is 39.0 Å². The van der Waals surface area contributed by atoms with Crippen LogP contribution in [0.5, 0.6) is 0 Å². The number of fused-ring (bicyclic) bond motifs is 1. The van der Waals surface area contributed by atoms with Crippen molar-refractivity contribution in [1.29, 1.82) is 0 Å². The molecule has 0 aromatic carbocycles. The molecule has 2 aliphatic rings. The Bertz CT molecular complexity index is 1040. The molecule has 16 heteroatoms. The Morgan fingerprint density at radius 2 is 2.18 bits per heavy atom. The lowest BCUT2D eigenvalue weighted by atomic mass is 10.1. The SMILES string of the molecule is CCSC1=C(OC(=O)O)N2C(=O)C(NC(=O)C(=NOC(C)C(=O)O)c3csc(N)n3)[C@@H]2SC1. The van der Waals surface area contributed by atoms with Crippen molar-refractivity contribution in [1.82, 2.24) is 15.2 Å². The number of carboxylic acid groups (broad SMARTS) is 2. The summed E-state index contributed by atoms with van der Waals surface area (Å²) in [6.07, 6.45) is -2.89. The standard InChI is InChI=1S/C17H19N5O8S3/c1-3-31-8-5-32-14-10(12(24)22(14)13(8)29-17(27)28)20-11(23)9(7-4-33-16(18)19-7)21-30-6(2)15(25)26/h4,6,10,14H,3,5H2,1-2H3,(H2,18,19)(H,20,23)(H,25,26)(H,27,28)/t6?,10?,14-/m0/s1. The van der Waals surface area contributed by atoms with Gasteiger partial charge < -0.3 is 30.8 Å². The fourth-order valence-corrected chi connectivity index (χ4v) is 5.66. The molecule has 2 unspecified atom stereocenters. The predicted octanol–water partition coefficient (Wildman–Crippen LogP) is 0.936. The van der Waals surface area contributed by atoms with Gasteiger partial charge in [-0.3, -0.25) is 14.5 Å². The minimum absolute atomic E-state index is 0.0453. The normalized spacial score (nSPS) is 21.1. The van der Waals surface area contributed by atoms with Crippen molar-refractivity contribution in [2.45, 2.75) is 31.4 Å². The maximum Gasteiger partial charge on any atom is 0.512 e. The number of carbonyl (C=O) groups excluding carboxylic acids is 2. The van der Waals surface area contributed by atoms with Crippen LogP contribution in [-0.2, 0) is 24.0 Å². The average Bonchev–Trinajstić information content (AvgIpc) is 3.18. The van der Waals surface area contributed by atoms with Crippen LogP contribution < -0.4 is 11.1 Å². The third-order valence-electron chi connectivity index (χ3n) is 4.30. The van der Waals surface area contributed by atoms with Crippen LogP contribution in [0.4, 0.5) is 9.93 Å². The zero-order valence-electron chi connectivity index (χ0n) is 17.2. The molecule has 3 atom stereocenters. The number of hydrogen-bond donors (Lipinski definition) is 4. The van der Waals surface area contributed by atoms with Gasteiger partial charge in [-0.05, 0) is 12.7 Å². The van der Waals surface area contributed by atoms with Gasteiger partial charge in [0.05, 0.1) is 4.91 Å². The highest BCUT2D eigenvalue weighted by Crippen LogP contribution is 2.43. The fourth-order valence-electron chi connectivity index (χ4n) is 2.79. The molecule has 2 amide bonds. The molecule has 1 saturated heterocycles. The highest BCUT2D eigenvalue weighted by Gasteiger charge is 2.54. The third-order valence-corrected chi connectivity index (χ3v) is 7.40. The van der Waals surface area contributed by atoms with Crippen molar-refractivity contribution in [2.75, 3.05) is 17.2 Å². The molecule has 5 N–H and O–H groups in total. The summed E-state index contributed by atoms with van der Waals surface area (Å²) in [5.74, 6) is -1.71. The minimum atomic E-state index is -1.55. The summed E-state index contributed by atoms with van der Waals surface area (Å²) in [5.41, 5.74) is 5.30. The number of ether oxygens (including phenoxy) is 1. The van der Waals surface area contributed by atoms with Crippen molar-refractivity contribution in [3.63, 3.8) is 0 Å². The van der Waals surface area contributed by atoms with Gasteiger partial charge in [0.2, 0.25) is 12.0 Å². The number of thioether (sulfide) groups is 2. The van der Waals surface area contributed by atoms with Gasteiger partial charge >= 0.3 is 12.1 Å². The summed E-state index contributed by atoms with van der Waals surface area (Å²) >= 11 is 3.73. The van der Waals surface area contributed by atoms with Crippen LogP contribution in [0.3, 0.4) is 0 Å². The summed E-state index contributed by atoms with van der Waals surface area (Å²) < 4.78 is 4.85. The number of nitrogens with one attached hydrogen (secondary N) is 1. The van der Waals surface area contributed by atoms with E-state index in [1.165, 1.54) is 40.7 Å². The van der Waals surface area contributed by atoms with Crippen LogP contribution in [0, 0.1) is 0 Å². The number of rotatable bonds is 9. The first-order valence-corrected chi connectivity index (χ1v) is 12.3. The Kier molecular flexibility index (Phi) is 7.70. The first kappa shape index (κ1) is 24.7. The summed E-state index contributed by atoms with van der Waals surface area (Å²) in [6, 6.07) is -0.999. The van der Waals surface area contributed by atoms with E-state index in [1.807, 2.05) is 6.92 Å². The van der Waals surface area contributed by atoms with Gasteiger partial charge in [0.1, 0.15) is 17.1 Å². The van der Waals surface area contributed by atoms with Crippen LogP contribution in [0.15, 0.2) is 21.3 Å².